The van der Waals surface area contributed by atoms with E-state index in [4.69, 9.17) is 0 Å². The van der Waals surface area contributed by atoms with Gasteiger partial charge in [0.25, 0.3) is 0 Å². The molecule has 4 nitrogen and oxygen atoms in total. The van der Waals surface area contributed by atoms with Crippen molar-refractivity contribution in [1.29, 1.82) is 0 Å². The molecule has 2 aliphatic heterocycles. The van der Waals surface area contributed by atoms with E-state index in [1.54, 1.807) is 0 Å². The summed E-state index contributed by atoms with van der Waals surface area (Å²) in [5.41, 5.74) is 0.867. The van der Waals surface area contributed by atoms with Gasteiger partial charge in [0.1, 0.15) is 6.04 Å². The highest BCUT2D eigenvalue weighted by Gasteiger charge is 2.35. The highest BCUT2D eigenvalue weighted by molar-refractivity contribution is 7.99. The lowest BCUT2D eigenvalue weighted by Gasteiger charge is -2.34. The Morgan fingerprint density at radius 2 is 2.00 bits per heavy atom. The zero-order chi connectivity index (χ0) is 14.7. The summed E-state index contributed by atoms with van der Waals surface area (Å²) >= 11 is 1.90. The average molecular weight is 304 g/mol. The highest BCUT2D eigenvalue weighted by Crippen LogP contribution is 2.26. The predicted molar refractivity (Wildman–Crippen MR) is 84.0 cm³/mol. The third kappa shape index (κ3) is 3.23. The molecule has 21 heavy (non-hydrogen) atoms. The van der Waals surface area contributed by atoms with E-state index in [9.17, 15) is 9.59 Å². The first-order chi connectivity index (χ1) is 10.3. The fourth-order valence-corrected chi connectivity index (χ4v) is 4.15. The van der Waals surface area contributed by atoms with Gasteiger partial charge in [0, 0.05) is 24.8 Å². The fraction of sp³-hybridized carbons (Fsp3) is 0.500. The van der Waals surface area contributed by atoms with Gasteiger partial charge >= 0.3 is 0 Å². The molecule has 1 N–H and O–H groups in total. The molecule has 5 heteroatoms. The topological polar surface area (TPSA) is 49.4 Å². The Bertz CT molecular complexity index is 514. The first kappa shape index (κ1) is 14.4. The first-order valence-electron chi connectivity index (χ1n) is 7.48. The molecule has 2 amide bonds. The van der Waals surface area contributed by atoms with Crippen molar-refractivity contribution < 1.29 is 9.59 Å². The molecule has 2 unspecified atom stereocenters. The molecule has 2 heterocycles. The van der Waals surface area contributed by atoms with Crippen molar-refractivity contribution in [2.75, 3.05) is 18.1 Å². The van der Waals surface area contributed by atoms with Gasteiger partial charge in [0.05, 0.1) is 0 Å². The summed E-state index contributed by atoms with van der Waals surface area (Å²) < 4.78 is 0. The Morgan fingerprint density at radius 1 is 1.19 bits per heavy atom. The molecule has 1 aromatic carbocycles. The van der Waals surface area contributed by atoms with Gasteiger partial charge in [0.15, 0.2) is 0 Å². The van der Waals surface area contributed by atoms with Gasteiger partial charge in [-0.3, -0.25) is 9.59 Å². The maximum Gasteiger partial charge on any atom is 0.250 e. The van der Waals surface area contributed by atoms with E-state index >= 15 is 0 Å². The quantitative estimate of drug-likeness (QED) is 0.909. The van der Waals surface area contributed by atoms with E-state index in [2.05, 4.69) is 5.32 Å². The van der Waals surface area contributed by atoms with Crippen molar-refractivity contribution >= 4 is 23.6 Å². The summed E-state index contributed by atoms with van der Waals surface area (Å²) in [5, 5.41) is 2.88. The molecule has 112 valence electrons. The van der Waals surface area contributed by atoms with Crippen LogP contribution >= 0.6 is 11.8 Å². The number of nitrogens with zero attached hydrogens (tertiary/aromatic N) is 1. The van der Waals surface area contributed by atoms with Gasteiger partial charge < -0.3 is 10.2 Å². The molecule has 2 fully saturated rings. The fourth-order valence-electron chi connectivity index (χ4n) is 3.00. The van der Waals surface area contributed by atoms with E-state index < -0.39 is 6.04 Å². The minimum Gasteiger partial charge on any atom is -0.340 e. The van der Waals surface area contributed by atoms with Crippen molar-refractivity contribution in [1.82, 2.24) is 10.2 Å². The van der Waals surface area contributed by atoms with Crippen LogP contribution in [-0.2, 0) is 9.59 Å². The normalized spacial score (nSPS) is 27.1. The summed E-state index contributed by atoms with van der Waals surface area (Å²) in [6.45, 7) is 0.541. The number of amides is 2. The Labute approximate surface area is 129 Å². The second kappa shape index (κ2) is 6.52. The van der Waals surface area contributed by atoms with Crippen molar-refractivity contribution in [3.63, 3.8) is 0 Å². The van der Waals surface area contributed by atoms with Crippen molar-refractivity contribution in [2.45, 2.75) is 31.3 Å². The molecule has 0 bridgehead atoms. The summed E-state index contributed by atoms with van der Waals surface area (Å²) in [4.78, 5) is 26.8. The highest BCUT2D eigenvalue weighted by atomic mass is 32.2. The van der Waals surface area contributed by atoms with Crippen LogP contribution in [0.15, 0.2) is 30.3 Å². The molecule has 0 aromatic heterocycles. The van der Waals surface area contributed by atoms with Crippen LogP contribution in [0.3, 0.4) is 0 Å². The summed E-state index contributed by atoms with van der Waals surface area (Å²) in [6.07, 6.45) is 2.60. The second-order valence-corrected chi connectivity index (χ2v) is 6.71. The molecule has 2 saturated heterocycles. The summed E-state index contributed by atoms with van der Waals surface area (Å²) in [5.74, 6) is 2.17. The maximum absolute atomic E-state index is 12.9. The number of nitrogens with one attached hydrogen (secondary N) is 1. The zero-order valence-corrected chi connectivity index (χ0v) is 12.8. The minimum atomic E-state index is -0.534. The number of carbonyl (C=O) groups is 2. The third-order valence-electron chi connectivity index (χ3n) is 4.13. The SMILES string of the molecule is O=C1CCN(C2CCCSC2)C(=O)C(c2ccccc2)N1. The predicted octanol–water partition coefficient (Wildman–Crippen LogP) is 1.97. The van der Waals surface area contributed by atoms with Gasteiger partial charge in [-0.25, -0.2) is 0 Å². The third-order valence-corrected chi connectivity index (χ3v) is 5.32. The van der Waals surface area contributed by atoms with Gasteiger partial charge in [-0.2, -0.15) is 11.8 Å². The smallest absolute Gasteiger partial charge is 0.250 e. The lowest BCUT2D eigenvalue weighted by Crippen LogP contribution is -2.46. The Hall–Kier alpha value is -1.49. The van der Waals surface area contributed by atoms with Crippen molar-refractivity contribution in [2.24, 2.45) is 0 Å². The number of hydrogen-bond acceptors (Lipinski definition) is 3. The number of carbonyl (C=O) groups excluding carboxylic acids is 2. The van der Waals surface area contributed by atoms with Crippen LogP contribution in [0.4, 0.5) is 0 Å². The van der Waals surface area contributed by atoms with E-state index in [1.807, 2.05) is 47.0 Å². The molecule has 2 aliphatic rings. The van der Waals surface area contributed by atoms with Gasteiger partial charge in [0.2, 0.25) is 11.8 Å². The molecule has 1 aromatic rings. The van der Waals surface area contributed by atoms with E-state index in [1.165, 1.54) is 5.75 Å². The van der Waals surface area contributed by atoms with Crippen LogP contribution in [0.25, 0.3) is 0 Å². The average Bonchev–Trinajstić information content (AvgIpc) is 2.68. The number of hydrogen-bond donors (Lipinski definition) is 1. The number of rotatable bonds is 2. The molecule has 3 rings (SSSR count). The summed E-state index contributed by atoms with van der Waals surface area (Å²) in [7, 11) is 0. The van der Waals surface area contributed by atoms with E-state index in [0.717, 1.165) is 24.2 Å². The largest absolute Gasteiger partial charge is 0.340 e. The second-order valence-electron chi connectivity index (χ2n) is 5.56. The van der Waals surface area contributed by atoms with Crippen LogP contribution in [0.5, 0.6) is 0 Å². The molecule has 0 saturated carbocycles. The zero-order valence-electron chi connectivity index (χ0n) is 12.0. The van der Waals surface area contributed by atoms with Crippen LogP contribution in [0.2, 0.25) is 0 Å². The van der Waals surface area contributed by atoms with Crippen LogP contribution in [0, 0.1) is 0 Å². The van der Waals surface area contributed by atoms with Crippen LogP contribution in [-0.4, -0.2) is 40.8 Å². The van der Waals surface area contributed by atoms with Crippen LogP contribution < -0.4 is 5.32 Å². The van der Waals surface area contributed by atoms with Gasteiger partial charge in [-0.15, -0.1) is 0 Å². The minimum absolute atomic E-state index is 0.0387. The Balaban J connectivity index is 1.85. The standard InChI is InChI=1S/C16H20N2O2S/c19-14-8-9-18(13-7-4-10-21-11-13)16(20)15(17-14)12-5-2-1-3-6-12/h1-3,5-6,13,15H,4,7-11H2,(H,17,19). The summed E-state index contributed by atoms with van der Waals surface area (Å²) in [6, 6.07) is 9.27. The van der Waals surface area contributed by atoms with Gasteiger partial charge in [-0.05, 0) is 24.2 Å². The maximum atomic E-state index is 12.9. The molecule has 2 atom stereocenters. The molecule has 0 radical (unpaired) electrons. The molecular formula is C16H20N2O2S. The number of benzene rings is 1. The Morgan fingerprint density at radius 3 is 2.71 bits per heavy atom. The first-order valence-corrected chi connectivity index (χ1v) is 8.64. The van der Waals surface area contributed by atoms with E-state index in [-0.39, 0.29) is 17.9 Å². The van der Waals surface area contributed by atoms with Crippen molar-refractivity contribution in [3.8, 4) is 0 Å². The lowest BCUT2D eigenvalue weighted by atomic mass is 10.0. The molecular weight excluding hydrogens is 284 g/mol. The van der Waals surface area contributed by atoms with Crippen LogP contribution in [0.1, 0.15) is 30.9 Å². The Kier molecular flexibility index (Phi) is 4.48. The van der Waals surface area contributed by atoms with Gasteiger partial charge in [-0.1, -0.05) is 30.3 Å². The van der Waals surface area contributed by atoms with Crippen molar-refractivity contribution in [3.05, 3.63) is 35.9 Å². The monoisotopic (exact) mass is 304 g/mol. The molecule has 0 aliphatic carbocycles. The molecule has 0 spiro atoms. The number of thioether (sulfide) groups is 1. The van der Waals surface area contributed by atoms with E-state index in [0.29, 0.717) is 13.0 Å². The lowest BCUT2D eigenvalue weighted by molar-refractivity contribution is -0.135.